The Hall–Kier alpha value is -1.31. The van der Waals surface area contributed by atoms with E-state index >= 15 is 0 Å². The molecule has 0 heterocycles. The maximum absolute atomic E-state index is 12.8. The standard InChI is InChI=1S/C32H56O2/c1-5-7-9-11-13-15-17-19-24-30(25-20-18-16-14-12-10-8-6-2)27-34-32(33)29(4)31-26-22-21-23-28(31)3/h21-23,26,29-30H,5-20,24-25,27H2,1-4H3. The Bertz CT molecular complexity index is 589. The second-order valence-corrected chi connectivity index (χ2v) is 10.6. The molecule has 1 aromatic carbocycles. The lowest BCUT2D eigenvalue weighted by Gasteiger charge is -2.19. The summed E-state index contributed by atoms with van der Waals surface area (Å²) in [5, 5.41) is 0. The van der Waals surface area contributed by atoms with Crippen LogP contribution in [0.1, 0.15) is 153 Å². The van der Waals surface area contributed by atoms with Crippen molar-refractivity contribution in [3.63, 3.8) is 0 Å². The molecule has 0 saturated heterocycles. The first-order chi connectivity index (χ1) is 16.6. The van der Waals surface area contributed by atoms with Crippen LogP contribution in [0.5, 0.6) is 0 Å². The highest BCUT2D eigenvalue weighted by Gasteiger charge is 2.20. The Morgan fingerprint density at radius 1 is 0.706 bits per heavy atom. The van der Waals surface area contributed by atoms with Crippen molar-refractivity contribution in [1.82, 2.24) is 0 Å². The van der Waals surface area contributed by atoms with E-state index in [1.54, 1.807) is 0 Å². The Morgan fingerprint density at radius 3 is 1.62 bits per heavy atom. The van der Waals surface area contributed by atoms with Crippen molar-refractivity contribution in [3.8, 4) is 0 Å². The lowest BCUT2D eigenvalue weighted by Crippen LogP contribution is -2.19. The second-order valence-electron chi connectivity index (χ2n) is 10.6. The molecule has 0 spiro atoms. The van der Waals surface area contributed by atoms with Crippen molar-refractivity contribution in [2.45, 2.75) is 149 Å². The van der Waals surface area contributed by atoms with Gasteiger partial charge in [0.1, 0.15) is 0 Å². The molecule has 1 unspecified atom stereocenters. The topological polar surface area (TPSA) is 26.3 Å². The van der Waals surface area contributed by atoms with E-state index in [-0.39, 0.29) is 11.9 Å². The number of unbranched alkanes of at least 4 members (excludes halogenated alkanes) is 14. The molecular formula is C32H56O2. The number of aryl methyl sites for hydroxylation is 1. The first-order valence-corrected chi connectivity index (χ1v) is 14.8. The van der Waals surface area contributed by atoms with Crippen LogP contribution in [0.2, 0.25) is 0 Å². The summed E-state index contributed by atoms with van der Waals surface area (Å²) in [5.74, 6) is 0.271. The Morgan fingerprint density at radius 2 is 1.15 bits per heavy atom. The molecule has 0 radical (unpaired) electrons. The molecule has 1 aromatic rings. The third-order valence-electron chi connectivity index (χ3n) is 7.40. The molecule has 196 valence electrons. The lowest BCUT2D eigenvalue weighted by molar-refractivity contribution is -0.146. The number of hydrogen-bond donors (Lipinski definition) is 0. The summed E-state index contributed by atoms with van der Waals surface area (Å²) in [6.07, 6.45) is 24.1. The van der Waals surface area contributed by atoms with E-state index in [1.807, 2.05) is 19.1 Å². The van der Waals surface area contributed by atoms with E-state index < -0.39 is 0 Å². The van der Waals surface area contributed by atoms with Crippen molar-refractivity contribution in [1.29, 1.82) is 0 Å². The third-order valence-corrected chi connectivity index (χ3v) is 7.40. The molecule has 0 amide bonds. The smallest absolute Gasteiger partial charge is 0.313 e. The highest BCUT2D eigenvalue weighted by molar-refractivity contribution is 5.78. The average Bonchev–Trinajstić information content (AvgIpc) is 2.84. The van der Waals surface area contributed by atoms with Crippen LogP contribution in [0.4, 0.5) is 0 Å². The highest BCUT2D eigenvalue weighted by Crippen LogP contribution is 2.23. The monoisotopic (exact) mass is 472 g/mol. The van der Waals surface area contributed by atoms with E-state index in [2.05, 4.69) is 32.9 Å². The van der Waals surface area contributed by atoms with Crippen LogP contribution >= 0.6 is 0 Å². The molecule has 0 saturated carbocycles. The minimum absolute atomic E-state index is 0.0638. The fourth-order valence-electron chi connectivity index (χ4n) is 4.97. The molecular weight excluding hydrogens is 416 g/mol. The van der Waals surface area contributed by atoms with Crippen molar-refractivity contribution < 1.29 is 9.53 Å². The van der Waals surface area contributed by atoms with Crippen molar-refractivity contribution in [2.75, 3.05) is 6.61 Å². The minimum atomic E-state index is -0.187. The molecule has 0 bridgehead atoms. The molecule has 0 N–H and O–H groups in total. The number of hydrogen-bond acceptors (Lipinski definition) is 2. The van der Waals surface area contributed by atoms with Gasteiger partial charge in [0, 0.05) is 0 Å². The van der Waals surface area contributed by atoms with Gasteiger partial charge in [0.05, 0.1) is 12.5 Å². The SMILES string of the molecule is CCCCCCCCCCC(CCCCCCCCCC)COC(=O)C(C)c1ccccc1C. The fraction of sp³-hybridized carbons (Fsp3) is 0.781. The van der Waals surface area contributed by atoms with E-state index in [0.29, 0.717) is 12.5 Å². The van der Waals surface area contributed by atoms with Gasteiger partial charge in [-0.25, -0.2) is 0 Å². The van der Waals surface area contributed by atoms with Gasteiger partial charge < -0.3 is 4.74 Å². The predicted molar refractivity (Wildman–Crippen MR) is 148 cm³/mol. The van der Waals surface area contributed by atoms with Crippen LogP contribution in [-0.4, -0.2) is 12.6 Å². The maximum Gasteiger partial charge on any atom is 0.313 e. The summed E-state index contributed by atoms with van der Waals surface area (Å²) in [6, 6.07) is 8.17. The molecule has 1 rings (SSSR count). The van der Waals surface area contributed by atoms with Gasteiger partial charge >= 0.3 is 5.97 Å². The fourth-order valence-corrected chi connectivity index (χ4v) is 4.97. The molecule has 0 aliphatic carbocycles. The van der Waals surface area contributed by atoms with Gasteiger partial charge in [0.15, 0.2) is 0 Å². The summed E-state index contributed by atoms with van der Waals surface area (Å²) in [7, 11) is 0. The average molecular weight is 473 g/mol. The first kappa shape index (κ1) is 30.7. The Labute approximate surface area is 212 Å². The van der Waals surface area contributed by atoms with E-state index in [0.717, 1.165) is 5.56 Å². The molecule has 0 aliphatic heterocycles. The van der Waals surface area contributed by atoms with Crippen molar-refractivity contribution in [2.24, 2.45) is 5.92 Å². The number of carbonyl (C=O) groups excluding carboxylic acids is 1. The first-order valence-electron chi connectivity index (χ1n) is 14.8. The van der Waals surface area contributed by atoms with Gasteiger partial charge in [0.25, 0.3) is 0 Å². The van der Waals surface area contributed by atoms with Crippen molar-refractivity contribution in [3.05, 3.63) is 35.4 Å². The van der Waals surface area contributed by atoms with E-state index in [9.17, 15) is 4.79 Å². The quantitative estimate of drug-likeness (QED) is 0.124. The van der Waals surface area contributed by atoms with E-state index in [1.165, 1.54) is 121 Å². The summed E-state index contributed by atoms with van der Waals surface area (Å²) in [6.45, 7) is 9.22. The van der Waals surface area contributed by atoms with Gasteiger partial charge in [-0.1, -0.05) is 141 Å². The van der Waals surface area contributed by atoms with E-state index in [4.69, 9.17) is 4.74 Å². The number of ether oxygens (including phenoxy) is 1. The largest absolute Gasteiger partial charge is 0.465 e. The lowest BCUT2D eigenvalue weighted by atomic mass is 9.94. The Kier molecular flexibility index (Phi) is 19.0. The molecule has 0 fully saturated rings. The third kappa shape index (κ3) is 14.8. The Balaban J connectivity index is 2.38. The van der Waals surface area contributed by atoms with Gasteiger partial charge in [-0.2, -0.15) is 0 Å². The zero-order chi connectivity index (χ0) is 24.9. The van der Waals surface area contributed by atoms with Crippen LogP contribution < -0.4 is 0 Å². The van der Waals surface area contributed by atoms with Gasteiger partial charge in [0.2, 0.25) is 0 Å². The number of rotatable bonds is 22. The van der Waals surface area contributed by atoms with Crippen LogP contribution in [0.25, 0.3) is 0 Å². The summed E-state index contributed by atoms with van der Waals surface area (Å²) in [5.41, 5.74) is 2.26. The van der Waals surface area contributed by atoms with Gasteiger partial charge in [-0.3, -0.25) is 4.79 Å². The van der Waals surface area contributed by atoms with Crippen LogP contribution in [0.3, 0.4) is 0 Å². The second kappa shape index (κ2) is 21.0. The van der Waals surface area contributed by atoms with Crippen molar-refractivity contribution >= 4 is 5.97 Å². The summed E-state index contributed by atoms with van der Waals surface area (Å²) >= 11 is 0. The molecule has 1 atom stereocenters. The number of carbonyl (C=O) groups is 1. The number of esters is 1. The van der Waals surface area contributed by atoms with Crippen LogP contribution in [0.15, 0.2) is 24.3 Å². The molecule has 34 heavy (non-hydrogen) atoms. The normalized spacial score (nSPS) is 12.3. The highest BCUT2D eigenvalue weighted by atomic mass is 16.5. The minimum Gasteiger partial charge on any atom is -0.465 e. The number of benzene rings is 1. The van der Waals surface area contributed by atoms with Crippen LogP contribution in [0, 0.1) is 12.8 Å². The zero-order valence-corrected chi connectivity index (χ0v) is 23.2. The molecule has 2 heteroatoms. The molecule has 2 nitrogen and oxygen atoms in total. The van der Waals surface area contributed by atoms with Gasteiger partial charge in [-0.05, 0) is 43.7 Å². The summed E-state index contributed by atoms with van der Waals surface area (Å²) in [4.78, 5) is 12.8. The van der Waals surface area contributed by atoms with Gasteiger partial charge in [-0.15, -0.1) is 0 Å². The molecule has 0 aliphatic rings. The zero-order valence-electron chi connectivity index (χ0n) is 23.2. The predicted octanol–water partition coefficient (Wildman–Crippen LogP) is 10.3. The van der Waals surface area contributed by atoms with Crippen LogP contribution in [-0.2, 0) is 9.53 Å². The summed E-state index contributed by atoms with van der Waals surface area (Å²) < 4.78 is 5.88. The molecule has 0 aromatic heterocycles. The maximum atomic E-state index is 12.8.